The third-order valence-electron chi connectivity index (χ3n) is 4.62. The predicted octanol–water partition coefficient (Wildman–Crippen LogP) is 4.12. The maximum absolute atomic E-state index is 13.4. The van der Waals surface area contributed by atoms with Gasteiger partial charge in [-0.2, -0.15) is 18.4 Å². The van der Waals surface area contributed by atoms with Crippen molar-refractivity contribution in [3.05, 3.63) is 39.8 Å². The molecule has 6 nitrogen and oxygen atoms in total. The number of benzene rings is 1. The summed E-state index contributed by atoms with van der Waals surface area (Å²) in [5, 5.41) is 10.1. The standard InChI is InChI=1S/C20H21F3N4O2S/c1-3-17(28)27(12-14-5-4-6-15(13(14)2)20(21,22)23)18-16(11-24)30-19(25-18)26-7-9-29-10-8-26/h4-6H,3,7-10,12H2,1-2H3/i12D2. The number of carbonyl (C=O) groups excluding carboxylic acids is 1. The van der Waals surface area contributed by atoms with E-state index in [1.54, 1.807) is 0 Å². The van der Waals surface area contributed by atoms with E-state index in [9.17, 15) is 23.2 Å². The van der Waals surface area contributed by atoms with Gasteiger partial charge in [0.1, 0.15) is 6.07 Å². The minimum Gasteiger partial charge on any atom is -0.378 e. The number of amides is 1. The molecule has 1 aromatic carbocycles. The number of nitrogens with zero attached hydrogens (tertiary/aromatic N) is 4. The molecule has 0 atom stereocenters. The number of aromatic nitrogens is 1. The van der Waals surface area contributed by atoms with Crippen LogP contribution >= 0.6 is 11.3 Å². The van der Waals surface area contributed by atoms with Crippen molar-refractivity contribution in [2.24, 2.45) is 0 Å². The quantitative estimate of drug-likeness (QED) is 0.700. The van der Waals surface area contributed by atoms with Crippen molar-refractivity contribution in [2.45, 2.75) is 32.9 Å². The molecule has 2 aromatic rings. The summed E-state index contributed by atoms with van der Waals surface area (Å²) in [6.07, 6.45) is -4.81. The highest BCUT2D eigenvalue weighted by Crippen LogP contribution is 2.36. The van der Waals surface area contributed by atoms with Crippen molar-refractivity contribution >= 4 is 28.2 Å². The van der Waals surface area contributed by atoms with Gasteiger partial charge in [0.05, 0.1) is 28.0 Å². The molecule has 0 aliphatic carbocycles. The molecular weight excluding hydrogens is 417 g/mol. The molecule has 1 saturated heterocycles. The number of alkyl halides is 3. The average molecular weight is 440 g/mol. The molecule has 30 heavy (non-hydrogen) atoms. The second-order valence-corrected chi connectivity index (χ2v) is 7.51. The summed E-state index contributed by atoms with van der Waals surface area (Å²) in [7, 11) is 0. The topological polar surface area (TPSA) is 69.5 Å². The Balaban J connectivity index is 2.15. The highest BCUT2D eigenvalue weighted by Gasteiger charge is 2.33. The van der Waals surface area contributed by atoms with Gasteiger partial charge in [-0.25, -0.2) is 4.98 Å². The summed E-state index contributed by atoms with van der Waals surface area (Å²) in [6, 6.07) is 5.12. The lowest BCUT2D eigenvalue weighted by atomic mass is 10.0. The van der Waals surface area contributed by atoms with Crippen molar-refractivity contribution in [3.8, 4) is 6.07 Å². The molecule has 1 aromatic heterocycles. The van der Waals surface area contributed by atoms with E-state index in [0.717, 1.165) is 30.4 Å². The van der Waals surface area contributed by atoms with Crippen LogP contribution in [-0.2, 0) is 22.2 Å². The predicted molar refractivity (Wildman–Crippen MR) is 108 cm³/mol. The first-order chi connectivity index (χ1) is 15.0. The fraction of sp³-hybridized carbons (Fsp3) is 0.450. The lowest BCUT2D eigenvalue weighted by Crippen LogP contribution is -2.36. The van der Waals surface area contributed by atoms with Crippen LogP contribution in [0.2, 0.25) is 0 Å². The molecule has 1 aliphatic heterocycles. The Bertz CT molecular complexity index is 1050. The van der Waals surface area contributed by atoms with Crippen LogP contribution in [0.25, 0.3) is 0 Å². The molecular formula is C20H21F3N4O2S. The third kappa shape index (κ3) is 4.57. The van der Waals surface area contributed by atoms with Gasteiger partial charge in [-0.3, -0.25) is 9.69 Å². The summed E-state index contributed by atoms with van der Waals surface area (Å²) in [5.41, 5.74) is -1.64. The minimum absolute atomic E-state index is 0.00166. The molecule has 0 bridgehead atoms. The van der Waals surface area contributed by atoms with Crippen LogP contribution in [-0.4, -0.2) is 37.2 Å². The van der Waals surface area contributed by atoms with E-state index in [1.807, 2.05) is 11.0 Å². The first-order valence-electron chi connectivity index (χ1n) is 10.3. The first-order valence-corrected chi connectivity index (χ1v) is 10.1. The number of morpholine rings is 1. The summed E-state index contributed by atoms with van der Waals surface area (Å²) in [5.74, 6) is -0.908. The maximum atomic E-state index is 13.4. The van der Waals surface area contributed by atoms with Gasteiger partial charge >= 0.3 is 6.18 Å². The van der Waals surface area contributed by atoms with Crippen LogP contribution in [0.4, 0.5) is 24.1 Å². The van der Waals surface area contributed by atoms with E-state index in [-0.39, 0.29) is 28.2 Å². The van der Waals surface area contributed by atoms with E-state index in [0.29, 0.717) is 36.3 Å². The van der Waals surface area contributed by atoms with Crippen LogP contribution in [0.15, 0.2) is 18.2 Å². The monoisotopic (exact) mass is 440 g/mol. The normalized spacial score (nSPS) is 15.9. The van der Waals surface area contributed by atoms with Crippen molar-refractivity contribution < 1.29 is 25.4 Å². The fourth-order valence-electron chi connectivity index (χ4n) is 2.99. The number of hydrogen-bond acceptors (Lipinski definition) is 6. The van der Waals surface area contributed by atoms with Crippen LogP contribution in [0.3, 0.4) is 0 Å². The van der Waals surface area contributed by atoms with E-state index in [4.69, 9.17) is 7.48 Å². The van der Waals surface area contributed by atoms with Crippen LogP contribution in [0.5, 0.6) is 0 Å². The summed E-state index contributed by atoms with van der Waals surface area (Å²) < 4.78 is 62.9. The molecule has 2 heterocycles. The Kier molecular flexibility index (Phi) is 5.81. The molecule has 0 unspecified atom stereocenters. The van der Waals surface area contributed by atoms with Crippen molar-refractivity contribution in [3.63, 3.8) is 0 Å². The molecule has 1 fully saturated rings. The zero-order valence-electron chi connectivity index (χ0n) is 18.4. The molecule has 160 valence electrons. The summed E-state index contributed by atoms with van der Waals surface area (Å²) in [6.45, 7) is 1.93. The number of thiazole rings is 1. The minimum atomic E-state index is -4.68. The number of carbonyl (C=O) groups is 1. The highest BCUT2D eigenvalue weighted by molar-refractivity contribution is 7.16. The summed E-state index contributed by atoms with van der Waals surface area (Å²) >= 11 is 1.00. The van der Waals surface area contributed by atoms with Crippen LogP contribution in [0.1, 0.15) is 37.7 Å². The van der Waals surface area contributed by atoms with Gasteiger partial charge in [-0.1, -0.05) is 30.4 Å². The Morgan fingerprint density at radius 3 is 2.73 bits per heavy atom. The largest absolute Gasteiger partial charge is 0.416 e. The lowest BCUT2D eigenvalue weighted by Gasteiger charge is -2.26. The van der Waals surface area contributed by atoms with Gasteiger partial charge < -0.3 is 9.64 Å². The van der Waals surface area contributed by atoms with E-state index in [1.165, 1.54) is 13.0 Å². The smallest absolute Gasteiger partial charge is 0.378 e. The second kappa shape index (κ2) is 9.02. The van der Waals surface area contributed by atoms with Gasteiger partial charge in [-0.15, -0.1) is 0 Å². The molecule has 10 heteroatoms. The van der Waals surface area contributed by atoms with E-state index < -0.39 is 24.1 Å². The fourth-order valence-corrected chi connectivity index (χ4v) is 3.89. The van der Waals surface area contributed by atoms with Gasteiger partial charge in [0.15, 0.2) is 15.8 Å². The number of nitriles is 1. The lowest BCUT2D eigenvalue weighted by molar-refractivity contribution is -0.138. The maximum Gasteiger partial charge on any atom is 0.416 e. The zero-order chi connectivity index (χ0) is 23.7. The average Bonchev–Trinajstić information content (AvgIpc) is 3.17. The number of hydrogen-bond donors (Lipinski definition) is 0. The Morgan fingerprint density at radius 2 is 2.13 bits per heavy atom. The molecule has 1 aliphatic rings. The van der Waals surface area contributed by atoms with E-state index in [2.05, 4.69) is 4.98 Å². The molecule has 0 N–H and O–H groups in total. The number of rotatable bonds is 5. The summed E-state index contributed by atoms with van der Waals surface area (Å²) in [4.78, 5) is 19.8. The molecule has 1 amide bonds. The zero-order valence-corrected chi connectivity index (χ0v) is 17.2. The third-order valence-corrected chi connectivity index (χ3v) is 5.63. The highest BCUT2D eigenvalue weighted by atomic mass is 32.1. The first kappa shape index (κ1) is 19.3. The Hall–Kier alpha value is -2.64. The SMILES string of the molecule is [2H]C([2H])(c1cccc(C(F)(F)F)c1C)N(C(=O)CC)c1nc(N2CCOCC2)sc1C#N. The van der Waals surface area contributed by atoms with Crippen molar-refractivity contribution in [2.75, 3.05) is 36.1 Å². The number of halogens is 3. The second-order valence-electron chi connectivity index (χ2n) is 6.53. The molecule has 0 saturated carbocycles. The van der Waals surface area contributed by atoms with Crippen molar-refractivity contribution in [1.82, 2.24) is 4.98 Å². The number of anilines is 2. The number of ether oxygens (including phenoxy) is 1. The van der Waals surface area contributed by atoms with E-state index >= 15 is 0 Å². The molecule has 0 spiro atoms. The molecule has 0 radical (unpaired) electrons. The van der Waals surface area contributed by atoms with Gasteiger partial charge in [-0.05, 0) is 24.1 Å². The van der Waals surface area contributed by atoms with Crippen LogP contribution < -0.4 is 9.80 Å². The Morgan fingerprint density at radius 1 is 1.43 bits per heavy atom. The molecule has 3 rings (SSSR count). The van der Waals surface area contributed by atoms with Crippen LogP contribution in [0, 0.1) is 18.3 Å². The van der Waals surface area contributed by atoms with Gasteiger partial charge in [0, 0.05) is 19.5 Å². The Labute approximate surface area is 179 Å². The van der Waals surface area contributed by atoms with Gasteiger partial charge in [0.2, 0.25) is 5.91 Å². The van der Waals surface area contributed by atoms with Gasteiger partial charge in [0.25, 0.3) is 0 Å². The van der Waals surface area contributed by atoms with Crippen molar-refractivity contribution in [1.29, 1.82) is 5.26 Å².